The van der Waals surface area contributed by atoms with Gasteiger partial charge < -0.3 is 10.4 Å². The molecule has 152 valence electrons. The zero-order chi connectivity index (χ0) is 20.5. The molecule has 2 N–H and O–H groups in total. The summed E-state index contributed by atoms with van der Waals surface area (Å²) in [5, 5.41) is 13.0. The van der Waals surface area contributed by atoms with Crippen LogP contribution in [0.15, 0.2) is 60.9 Å². The minimum atomic E-state index is 0.223. The molecular weight excluding hydrogens is 392 g/mol. The average Bonchev–Trinajstić information content (AvgIpc) is 3.36. The summed E-state index contributed by atoms with van der Waals surface area (Å²) >= 11 is 1.68. The van der Waals surface area contributed by atoms with Gasteiger partial charge in [-0.05, 0) is 55.6 Å². The van der Waals surface area contributed by atoms with Gasteiger partial charge in [0.2, 0.25) is 0 Å². The van der Waals surface area contributed by atoms with Crippen LogP contribution in [0, 0.1) is 0 Å². The number of phenolic OH excluding ortho intramolecular Hbond substituents is 1. The van der Waals surface area contributed by atoms with Crippen LogP contribution in [-0.4, -0.2) is 32.6 Å². The van der Waals surface area contributed by atoms with Crippen LogP contribution in [-0.2, 0) is 6.54 Å². The van der Waals surface area contributed by atoms with Gasteiger partial charge in [0.25, 0.3) is 0 Å². The minimum Gasteiger partial charge on any atom is -0.508 e. The van der Waals surface area contributed by atoms with Gasteiger partial charge in [0, 0.05) is 29.2 Å². The number of aromatic hydroxyl groups is 1. The molecule has 0 radical (unpaired) electrons. The van der Waals surface area contributed by atoms with Crippen LogP contribution in [0.2, 0.25) is 0 Å². The molecule has 1 unspecified atom stereocenters. The van der Waals surface area contributed by atoms with E-state index in [1.807, 2.05) is 6.07 Å². The van der Waals surface area contributed by atoms with Crippen molar-refractivity contribution in [3.8, 4) is 16.2 Å². The van der Waals surface area contributed by atoms with E-state index in [0.717, 1.165) is 28.3 Å². The fourth-order valence-electron chi connectivity index (χ4n) is 4.04. The summed E-state index contributed by atoms with van der Waals surface area (Å²) < 4.78 is 1.01. The molecule has 3 heterocycles. The Morgan fingerprint density at radius 2 is 2.00 bits per heavy atom. The summed E-state index contributed by atoms with van der Waals surface area (Å²) in [7, 11) is 0. The Kier molecular flexibility index (Phi) is 5.11. The highest BCUT2D eigenvalue weighted by Gasteiger charge is 2.20. The quantitative estimate of drug-likeness (QED) is 0.431. The van der Waals surface area contributed by atoms with Gasteiger partial charge in [-0.2, -0.15) is 0 Å². The molecule has 1 aliphatic heterocycles. The Labute approximate surface area is 180 Å². The second kappa shape index (κ2) is 8.05. The number of aromatic nitrogens is 2. The van der Waals surface area contributed by atoms with Gasteiger partial charge in [-0.15, -0.1) is 11.3 Å². The van der Waals surface area contributed by atoms with E-state index in [1.165, 1.54) is 35.4 Å². The molecular formula is C24H24N4OS. The summed E-state index contributed by atoms with van der Waals surface area (Å²) in [4.78, 5) is 12.6. The first-order valence-corrected chi connectivity index (χ1v) is 11.1. The molecule has 5 nitrogen and oxygen atoms in total. The van der Waals surface area contributed by atoms with Crippen LogP contribution in [0.3, 0.4) is 0 Å². The van der Waals surface area contributed by atoms with Crippen LogP contribution < -0.4 is 5.32 Å². The molecule has 0 bridgehead atoms. The Morgan fingerprint density at radius 3 is 2.77 bits per heavy atom. The van der Waals surface area contributed by atoms with Crippen molar-refractivity contribution in [2.75, 3.05) is 11.9 Å². The molecule has 6 heteroatoms. The van der Waals surface area contributed by atoms with Crippen LogP contribution in [0.5, 0.6) is 5.75 Å². The largest absolute Gasteiger partial charge is 0.508 e. The standard InChI is InChI=1S/C24H24N4OS/c1-16-4-3-11-28(16)14-17-7-9-18(10-8-17)22-13-21-23(30-22)24(26-15-25-21)27-19-5-2-6-20(29)12-19/h2,5-10,12-13,15-16,29H,3-4,11,14H2,1H3,(H,25,26,27). The van der Waals surface area contributed by atoms with E-state index in [2.05, 4.69) is 57.4 Å². The number of benzene rings is 2. The molecule has 5 rings (SSSR count). The van der Waals surface area contributed by atoms with Crippen molar-refractivity contribution in [3.05, 3.63) is 66.5 Å². The lowest BCUT2D eigenvalue weighted by atomic mass is 10.1. The molecule has 2 aromatic heterocycles. The summed E-state index contributed by atoms with van der Waals surface area (Å²) in [6, 6.07) is 18.7. The van der Waals surface area contributed by atoms with Crippen LogP contribution in [0.4, 0.5) is 11.5 Å². The van der Waals surface area contributed by atoms with Crippen molar-refractivity contribution in [1.82, 2.24) is 14.9 Å². The molecule has 1 aliphatic rings. The topological polar surface area (TPSA) is 61.3 Å². The number of likely N-dealkylation sites (tertiary alicyclic amines) is 1. The van der Waals surface area contributed by atoms with Gasteiger partial charge in [0.15, 0.2) is 5.82 Å². The van der Waals surface area contributed by atoms with Crippen molar-refractivity contribution < 1.29 is 5.11 Å². The number of fused-ring (bicyclic) bond motifs is 1. The highest BCUT2D eigenvalue weighted by Crippen LogP contribution is 2.37. The van der Waals surface area contributed by atoms with E-state index in [4.69, 9.17) is 0 Å². The Hall–Kier alpha value is -2.96. The van der Waals surface area contributed by atoms with Crippen LogP contribution in [0.1, 0.15) is 25.3 Å². The van der Waals surface area contributed by atoms with E-state index in [0.29, 0.717) is 6.04 Å². The third kappa shape index (κ3) is 3.88. The molecule has 0 amide bonds. The maximum absolute atomic E-state index is 9.71. The molecule has 1 saturated heterocycles. The summed E-state index contributed by atoms with van der Waals surface area (Å²) in [5.74, 6) is 0.974. The van der Waals surface area contributed by atoms with Crippen LogP contribution in [0.25, 0.3) is 20.7 Å². The van der Waals surface area contributed by atoms with E-state index < -0.39 is 0 Å². The first-order chi connectivity index (χ1) is 14.7. The molecule has 2 aromatic carbocycles. The number of thiophene rings is 1. The number of hydrogen-bond donors (Lipinski definition) is 2. The maximum Gasteiger partial charge on any atom is 0.151 e. The van der Waals surface area contributed by atoms with Gasteiger partial charge in [0.1, 0.15) is 12.1 Å². The average molecular weight is 417 g/mol. The number of nitrogens with one attached hydrogen (secondary N) is 1. The lowest BCUT2D eigenvalue weighted by molar-refractivity contribution is 0.260. The summed E-state index contributed by atoms with van der Waals surface area (Å²) in [6.07, 6.45) is 4.19. The SMILES string of the molecule is CC1CCCN1Cc1ccc(-c2cc3ncnc(Nc4cccc(O)c4)c3s2)cc1. The van der Waals surface area contributed by atoms with Gasteiger partial charge >= 0.3 is 0 Å². The molecule has 0 aliphatic carbocycles. The van der Waals surface area contributed by atoms with Gasteiger partial charge in [-0.1, -0.05) is 30.3 Å². The Bertz CT molecular complexity index is 1170. The summed E-state index contributed by atoms with van der Waals surface area (Å²) in [6.45, 7) is 4.55. The third-order valence-electron chi connectivity index (χ3n) is 5.73. The first-order valence-electron chi connectivity index (χ1n) is 10.3. The molecule has 0 spiro atoms. The van der Waals surface area contributed by atoms with E-state index in [9.17, 15) is 5.11 Å². The fourth-order valence-corrected chi connectivity index (χ4v) is 5.10. The number of hydrogen-bond acceptors (Lipinski definition) is 6. The molecule has 30 heavy (non-hydrogen) atoms. The lowest BCUT2D eigenvalue weighted by Gasteiger charge is -2.20. The van der Waals surface area contributed by atoms with Crippen molar-refractivity contribution in [1.29, 1.82) is 0 Å². The number of phenols is 1. The zero-order valence-corrected chi connectivity index (χ0v) is 17.7. The van der Waals surface area contributed by atoms with Crippen molar-refractivity contribution in [2.24, 2.45) is 0 Å². The van der Waals surface area contributed by atoms with Crippen molar-refractivity contribution >= 4 is 33.1 Å². The molecule has 1 atom stereocenters. The van der Waals surface area contributed by atoms with E-state index in [-0.39, 0.29) is 5.75 Å². The predicted molar refractivity (Wildman–Crippen MR) is 123 cm³/mol. The third-order valence-corrected chi connectivity index (χ3v) is 6.91. The molecule has 1 fully saturated rings. The monoisotopic (exact) mass is 416 g/mol. The maximum atomic E-state index is 9.71. The van der Waals surface area contributed by atoms with Crippen molar-refractivity contribution in [2.45, 2.75) is 32.4 Å². The number of rotatable bonds is 5. The number of nitrogens with zero attached hydrogens (tertiary/aromatic N) is 3. The minimum absolute atomic E-state index is 0.223. The van der Waals surface area contributed by atoms with Crippen LogP contribution >= 0.6 is 11.3 Å². The highest BCUT2D eigenvalue weighted by atomic mass is 32.1. The normalized spacial score (nSPS) is 16.9. The highest BCUT2D eigenvalue weighted by molar-refractivity contribution is 7.22. The van der Waals surface area contributed by atoms with Gasteiger partial charge in [-0.25, -0.2) is 9.97 Å². The number of anilines is 2. The molecule has 0 saturated carbocycles. The smallest absolute Gasteiger partial charge is 0.151 e. The Balaban J connectivity index is 1.39. The second-order valence-corrected chi connectivity index (χ2v) is 8.93. The predicted octanol–water partition coefficient (Wildman–Crippen LogP) is 5.79. The zero-order valence-electron chi connectivity index (χ0n) is 16.9. The van der Waals surface area contributed by atoms with Gasteiger partial charge in [-0.3, -0.25) is 4.90 Å². The van der Waals surface area contributed by atoms with Crippen molar-refractivity contribution in [3.63, 3.8) is 0 Å². The fraction of sp³-hybridized carbons (Fsp3) is 0.250. The first kappa shape index (κ1) is 19.0. The molecule has 4 aromatic rings. The lowest BCUT2D eigenvalue weighted by Crippen LogP contribution is -2.26. The van der Waals surface area contributed by atoms with E-state index in [1.54, 1.807) is 35.9 Å². The summed E-state index contributed by atoms with van der Waals surface area (Å²) in [5.41, 5.74) is 4.27. The second-order valence-electron chi connectivity index (χ2n) is 7.88. The van der Waals surface area contributed by atoms with E-state index >= 15 is 0 Å². The Morgan fingerprint density at radius 1 is 1.13 bits per heavy atom. The van der Waals surface area contributed by atoms with Gasteiger partial charge in [0.05, 0.1) is 10.2 Å².